The Labute approximate surface area is 154 Å². The molecule has 0 saturated carbocycles. The van der Waals surface area contributed by atoms with Crippen molar-refractivity contribution < 1.29 is 13.2 Å². The Kier molecular flexibility index (Phi) is 5.58. The van der Waals surface area contributed by atoms with Crippen LogP contribution in [0.4, 0.5) is 11.4 Å². The highest BCUT2D eigenvalue weighted by Crippen LogP contribution is 2.20. The monoisotopic (exact) mass is 373 g/mol. The molecule has 3 rings (SSSR count). The third kappa shape index (κ3) is 4.62. The van der Waals surface area contributed by atoms with Gasteiger partial charge in [-0.2, -0.15) is 0 Å². The van der Waals surface area contributed by atoms with Crippen molar-refractivity contribution in [2.24, 2.45) is 0 Å². The van der Waals surface area contributed by atoms with Crippen LogP contribution >= 0.6 is 0 Å². The van der Waals surface area contributed by atoms with E-state index in [2.05, 4.69) is 27.2 Å². The molecule has 1 aliphatic rings. The van der Waals surface area contributed by atoms with Gasteiger partial charge in [-0.15, -0.1) is 0 Å². The number of rotatable bonds is 5. The predicted molar refractivity (Wildman–Crippen MR) is 103 cm³/mol. The first kappa shape index (κ1) is 18.4. The third-order valence-electron chi connectivity index (χ3n) is 4.42. The highest BCUT2D eigenvalue weighted by atomic mass is 32.2. The van der Waals surface area contributed by atoms with Crippen LogP contribution in [0.25, 0.3) is 0 Å². The maximum Gasteiger partial charge on any atom is 0.238 e. The lowest BCUT2D eigenvalue weighted by molar-refractivity contribution is -0.117. The van der Waals surface area contributed by atoms with Gasteiger partial charge in [0.15, 0.2) is 9.84 Å². The number of carbonyl (C=O) groups excluding carboxylic acids is 1. The van der Waals surface area contributed by atoms with Gasteiger partial charge in [0.25, 0.3) is 0 Å². The minimum absolute atomic E-state index is 0.141. The molecule has 2 aromatic carbocycles. The van der Waals surface area contributed by atoms with Crippen LogP contribution in [0.2, 0.25) is 0 Å². The van der Waals surface area contributed by atoms with Crippen LogP contribution in [0, 0.1) is 0 Å². The standard InChI is InChI=1S/C19H23N3O3S/c1-26(24,25)18-10-6-5-9-17(18)20-19(23)15-21-11-13-22(14-12-21)16-7-3-2-4-8-16/h2-10H,11-15H2,1H3,(H,20,23). The lowest BCUT2D eigenvalue weighted by Crippen LogP contribution is -2.48. The first-order valence-corrected chi connectivity index (χ1v) is 10.4. The summed E-state index contributed by atoms with van der Waals surface area (Å²) in [6.45, 7) is 3.54. The smallest absolute Gasteiger partial charge is 0.238 e. The van der Waals surface area contributed by atoms with Crippen molar-refractivity contribution in [3.8, 4) is 0 Å². The summed E-state index contributed by atoms with van der Waals surface area (Å²) in [6.07, 6.45) is 1.14. The average molecular weight is 373 g/mol. The molecule has 0 spiro atoms. The second kappa shape index (κ2) is 7.88. The molecule has 0 unspecified atom stereocenters. The van der Waals surface area contributed by atoms with Crippen molar-refractivity contribution in [1.29, 1.82) is 0 Å². The van der Waals surface area contributed by atoms with E-state index >= 15 is 0 Å². The van der Waals surface area contributed by atoms with E-state index in [-0.39, 0.29) is 17.3 Å². The first-order valence-electron chi connectivity index (χ1n) is 8.55. The summed E-state index contributed by atoms with van der Waals surface area (Å²) in [5, 5.41) is 2.73. The molecule has 1 aliphatic heterocycles. The fourth-order valence-electron chi connectivity index (χ4n) is 3.09. The van der Waals surface area contributed by atoms with Gasteiger partial charge in [-0.05, 0) is 24.3 Å². The molecule has 0 aliphatic carbocycles. The van der Waals surface area contributed by atoms with Crippen LogP contribution in [0.1, 0.15) is 0 Å². The molecule has 0 bridgehead atoms. The second-order valence-corrected chi connectivity index (χ2v) is 8.40. The van der Waals surface area contributed by atoms with E-state index in [1.807, 2.05) is 18.2 Å². The van der Waals surface area contributed by atoms with E-state index < -0.39 is 9.84 Å². The van der Waals surface area contributed by atoms with Crippen LogP contribution in [-0.2, 0) is 14.6 Å². The molecule has 1 heterocycles. The summed E-state index contributed by atoms with van der Waals surface area (Å²) < 4.78 is 23.7. The number of hydrogen-bond acceptors (Lipinski definition) is 5. The fraction of sp³-hybridized carbons (Fsp3) is 0.316. The number of sulfone groups is 1. The SMILES string of the molecule is CS(=O)(=O)c1ccccc1NC(=O)CN1CCN(c2ccccc2)CC1. The third-order valence-corrected chi connectivity index (χ3v) is 5.58. The quantitative estimate of drug-likeness (QED) is 0.866. The minimum Gasteiger partial charge on any atom is -0.369 e. The first-order chi connectivity index (χ1) is 12.4. The van der Waals surface area contributed by atoms with E-state index in [1.54, 1.807) is 18.2 Å². The average Bonchev–Trinajstić information content (AvgIpc) is 2.62. The highest BCUT2D eigenvalue weighted by molar-refractivity contribution is 7.90. The molecule has 7 heteroatoms. The van der Waals surface area contributed by atoms with Gasteiger partial charge in [0.05, 0.1) is 17.1 Å². The van der Waals surface area contributed by atoms with Crippen LogP contribution in [0.3, 0.4) is 0 Å². The zero-order chi connectivity index (χ0) is 18.6. The van der Waals surface area contributed by atoms with Gasteiger partial charge < -0.3 is 10.2 Å². The summed E-state index contributed by atoms with van der Waals surface area (Å²) in [7, 11) is -3.39. The van der Waals surface area contributed by atoms with E-state index in [1.165, 1.54) is 11.8 Å². The molecule has 0 radical (unpaired) electrons. The summed E-state index contributed by atoms with van der Waals surface area (Å²) in [4.78, 5) is 16.9. The molecule has 0 aromatic heterocycles. The Morgan fingerprint density at radius 3 is 2.23 bits per heavy atom. The zero-order valence-electron chi connectivity index (χ0n) is 14.8. The number of para-hydroxylation sites is 2. The Hall–Kier alpha value is -2.38. The Morgan fingerprint density at radius 1 is 0.962 bits per heavy atom. The number of nitrogens with one attached hydrogen (secondary N) is 1. The number of anilines is 2. The number of hydrogen-bond donors (Lipinski definition) is 1. The molecular weight excluding hydrogens is 350 g/mol. The van der Waals surface area contributed by atoms with Gasteiger partial charge in [-0.1, -0.05) is 30.3 Å². The number of carbonyl (C=O) groups is 1. The molecule has 1 fully saturated rings. The Bertz CT molecular complexity index is 861. The van der Waals surface area contributed by atoms with Crippen molar-refractivity contribution in [3.63, 3.8) is 0 Å². The van der Waals surface area contributed by atoms with Crippen LogP contribution < -0.4 is 10.2 Å². The molecule has 1 saturated heterocycles. The molecule has 26 heavy (non-hydrogen) atoms. The minimum atomic E-state index is -3.39. The van der Waals surface area contributed by atoms with E-state index in [4.69, 9.17) is 0 Å². The van der Waals surface area contributed by atoms with Gasteiger partial charge in [0.1, 0.15) is 0 Å². The van der Waals surface area contributed by atoms with Crippen LogP contribution in [0.15, 0.2) is 59.5 Å². The largest absolute Gasteiger partial charge is 0.369 e. The van der Waals surface area contributed by atoms with Gasteiger partial charge in [-0.3, -0.25) is 9.69 Å². The van der Waals surface area contributed by atoms with Crippen molar-refractivity contribution in [2.45, 2.75) is 4.90 Å². The van der Waals surface area contributed by atoms with Crippen molar-refractivity contribution in [3.05, 3.63) is 54.6 Å². The number of benzene rings is 2. The number of nitrogens with zero attached hydrogens (tertiary/aromatic N) is 2. The topological polar surface area (TPSA) is 69.7 Å². The zero-order valence-corrected chi connectivity index (χ0v) is 15.6. The lowest BCUT2D eigenvalue weighted by atomic mass is 10.2. The molecule has 138 valence electrons. The molecule has 0 atom stereocenters. The highest BCUT2D eigenvalue weighted by Gasteiger charge is 2.20. The van der Waals surface area contributed by atoms with E-state index in [0.29, 0.717) is 5.69 Å². The maximum atomic E-state index is 12.4. The van der Waals surface area contributed by atoms with Gasteiger partial charge in [-0.25, -0.2) is 8.42 Å². The summed E-state index contributed by atoms with van der Waals surface area (Å²) >= 11 is 0. The summed E-state index contributed by atoms with van der Waals surface area (Å²) in [5.74, 6) is -0.200. The van der Waals surface area contributed by atoms with Crippen LogP contribution in [0.5, 0.6) is 0 Å². The number of piperazine rings is 1. The molecular formula is C19H23N3O3S. The van der Waals surface area contributed by atoms with Gasteiger partial charge in [0.2, 0.25) is 5.91 Å². The predicted octanol–water partition coefficient (Wildman–Crippen LogP) is 1.85. The summed E-state index contributed by atoms with van der Waals surface area (Å²) in [6, 6.07) is 16.7. The maximum absolute atomic E-state index is 12.4. The van der Waals surface area contributed by atoms with E-state index in [9.17, 15) is 13.2 Å². The normalized spacial score (nSPS) is 15.7. The molecule has 6 nitrogen and oxygen atoms in total. The summed E-state index contributed by atoms with van der Waals surface area (Å²) in [5.41, 5.74) is 1.53. The van der Waals surface area contributed by atoms with E-state index in [0.717, 1.165) is 32.4 Å². The van der Waals surface area contributed by atoms with Gasteiger partial charge in [0, 0.05) is 38.1 Å². The molecule has 1 N–H and O–H groups in total. The Balaban J connectivity index is 1.56. The fourth-order valence-corrected chi connectivity index (χ4v) is 3.93. The van der Waals surface area contributed by atoms with Gasteiger partial charge >= 0.3 is 0 Å². The van der Waals surface area contributed by atoms with Crippen molar-refractivity contribution >= 4 is 27.1 Å². The second-order valence-electron chi connectivity index (χ2n) is 6.42. The van der Waals surface area contributed by atoms with Crippen LogP contribution in [-0.4, -0.2) is 58.2 Å². The molecule has 1 amide bonds. The Morgan fingerprint density at radius 2 is 1.58 bits per heavy atom. The lowest BCUT2D eigenvalue weighted by Gasteiger charge is -2.35. The van der Waals surface area contributed by atoms with Crippen molar-refractivity contribution in [2.75, 3.05) is 49.2 Å². The van der Waals surface area contributed by atoms with Crippen molar-refractivity contribution in [1.82, 2.24) is 4.90 Å². The number of amides is 1. The molecule has 2 aromatic rings.